The first-order valence-electron chi connectivity index (χ1n) is 6.18. The molecule has 0 radical (unpaired) electrons. The Morgan fingerprint density at radius 2 is 1.94 bits per heavy atom. The molecule has 0 aliphatic rings. The molecule has 0 saturated heterocycles. The van der Waals surface area contributed by atoms with E-state index in [-0.39, 0.29) is 11.3 Å². The Hall–Kier alpha value is -1.02. The van der Waals surface area contributed by atoms with Gasteiger partial charge in [-0.05, 0) is 37.0 Å². The van der Waals surface area contributed by atoms with Gasteiger partial charge in [0.2, 0.25) is 0 Å². The Bertz CT molecular complexity index is 348. The van der Waals surface area contributed by atoms with Crippen molar-refractivity contribution in [2.45, 2.75) is 38.5 Å². The maximum Gasteiger partial charge on any atom is 0.251 e. The SMILES string of the molecule is CCc1ccc(C(=O)NCCC(Cl)CC)cc1. The number of nitrogens with one attached hydrogen (secondary N) is 1. The molecule has 1 amide bonds. The third kappa shape index (κ3) is 4.78. The zero-order valence-electron chi connectivity index (χ0n) is 10.5. The summed E-state index contributed by atoms with van der Waals surface area (Å²) in [6.07, 6.45) is 2.74. The highest BCUT2D eigenvalue weighted by molar-refractivity contribution is 6.20. The first-order valence-corrected chi connectivity index (χ1v) is 6.62. The van der Waals surface area contributed by atoms with Crippen molar-refractivity contribution in [3.63, 3.8) is 0 Å². The second-order valence-corrected chi connectivity index (χ2v) is 4.72. The van der Waals surface area contributed by atoms with Gasteiger partial charge in [-0.3, -0.25) is 4.79 Å². The molecule has 1 N–H and O–H groups in total. The van der Waals surface area contributed by atoms with Crippen LogP contribution in [0.4, 0.5) is 0 Å². The average molecular weight is 254 g/mol. The Kier molecular flexibility index (Phi) is 6.06. The second kappa shape index (κ2) is 7.33. The predicted molar refractivity (Wildman–Crippen MR) is 72.7 cm³/mol. The third-order valence-electron chi connectivity index (χ3n) is 2.81. The van der Waals surface area contributed by atoms with Crippen LogP contribution in [-0.4, -0.2) is 17.8 Å². The van der Waals surface area contributed by atoms with E-state index in [1.807, 2.05) is 31.2 Å². The van der Waals surface area contributed by atoms with Gasteiger partial charge in [-0.15, -0.1) is 11.6 Å². The molecule has 17 heavy (non-hydrogen) atoms. The van der Waals surface area contributed by atoms with E-state index in [9.17, 15) is 4.79 Å². The highest BCUT2D eigenvalue weighted by Crippen LogP contribution is 2.07. The molecular formula is C14H20ClNO. The molecule has 0 aliphatic heterocycles. The zero-order valence-corrected chi connectivity index (χ0v) is 11.3. The molecule has 1 rings (SSSR count). The molecule has 3 heteroatoms. The standard InChI is InChI=1S/C14H20ClNO/c1-3-11-5-7-12(8-6-11)14(17)16-10-9-13(15)4-2/h5-8,13H,3-4,9-10H2,1-2H3,(H,16,17). The maximum absolute atomic E-state index is 11.8. The summed E-state index contributed by atoms with van der Waals surface area (Å²) in [6.45, 7) is 4.78. The first kappa shape index (κ1) is 14.0. The number of hydrogen-bond acceptors (Lipinski definition) is 1. The summed E-state index contributed by atoms with van der Waals surface area (Å²) in [7, 11) is 0. The van der Waals surface area contributed by atoms with Gasteiger partial charge < -0.3 is 5.32 Å². The molecule has 0 aromatic heterocycles. The molecule has 1 aromatic rings. The number of benzene rings is 1. The minimum absolute atomic E-state index is 0.0207. The molecule has 1 aromatic carbocycles. The summed E-state index contributed by atoms with van der Waals surface area (Å²) in [5.41, 5.74) is 1.96. The van der Waals surface area contributed by atoms with Gasteiger partial charge in [0, 0.05) is 17.5 Å². The molecule has 2 nitrogen and oxygen atoms in total. The van der Waals surface area contributed by atoms with E-state index in [1.54, 1.807) is 0 Å². The lowest BCUT2D eigenvalue weighted by Crippen LogP contribution is -2.26. The summed E-state index contributed by atoms with van der Waals surface area (Å²) >= 11 is 5.98. The molecule has 1 atom stereocenters. The largest absolute Gasteiger partial charge is 0.352 e. The van der Waals surface area contributed by atoms with Crippen molar-refractivity contribution >= 4 is 17.5 Å². The Balaban J connectivity index is 2.41. The summed E-state index contributed by atoms with van der Waals surface area (Å²) in [6, 6.07) is 7.72. The Morgan fingerprint density at radius 1 is 1.29 bits per heavy atom. The number of rotatable bonds is 6. The lowest BCUT2D eigenvalue weighted by molar-refractivity contribution is 0.0953. The van der Waals surface area contributed by atoms with Gasteiger partial charge >= 0.3 is 0 Å². The van der Waals surface area contributed by atoms with Gasteiger partial charge in [0.1, 0.15) is 0 Å². The van der Waals surface area contributed by atoms with Gasteiger partial charge in [0.05, 0.1) is 0 Å². The lowest BCUT2D eigenvalue weighted by Gasteiger charge is -2.08. The zero-order chi connectivity index (χ0) is 12.7. The van der Waals surface area contributed by atoms with Crippen LogP contribution in [-0.2, 0) is 6.42 Å². The normalized spacial score (nSPS) is 12.2. The van der Waals surface area contributed by atoms with Crippen LogP contribution in [0, 0.1) is 0 Å². The Labute approximate surface area is 108 Å². The van der Waals surface area contributed by atoms with Crippen LogP contribution in [0.25, 0.3) is 0 Å². The van der Waals surface area contributed by atoms with Crippen LogP contribution in [0.5, 0.6) is 0 Å². The van der Waals surface area contributed by atoms with Crippen molar-refractivity contribution in [3.8, 4) is 0 Å². The fourth-order valence-corrected chi connectivity index (χ4v) is 1.65. The van der Waals surface area contributed by atoms with Crippen LogP contribution in [0.15, 0.2) is 24.3 Å². The molecule has 0 heterocycles. The van der Waals surface area contributed by atoms with Gasteiger partial charge in [0.25, 0.3) is 5.91 Å². The monoisotopic (exact) mass is 253 g/mol. The van der Waals surface area contributed by atoms with Gasteiger partial charge in [0.15, 0.2) is 0 Å². The summed E-state index contributed by atoms with van der Waals surface area (Å²) in [5.74, 6) is -0.0207. The van der Waals surface area contributed by atoms with Crippen molar-refractivity contribution in [2.24, 2.45) is 0 Å². The van der Waals surface area contributed by atoms with Crippen molar-refractivity contribution in [3.05, 3.63) is 35.4 Å². The molecule has 0 bridgehead atoms. The smallest absolute Gasteiger partial charge is 0.251 e. The number of hydrogen-bond donors (Lipinski definition) is 1. The molecule has 0 fully saturated rings. The number of alkyl halides is 1. The van der Waals surface area contributed by atoms with E-state index >= 15 is 0 Å². The summed E-state index contributed by atoms with van der Waals surface area (Å²) in [5, 5.41) is 3.03. The number of halogens is 1. The van der Waals surface area contributed by atoms with Crippen molar-refractivity contribution in [1.29, 1.82) is 0 Å². The quantitative estimate of drug-likeness (QED) is 0.774. The van der Waals surface area contributed by atoms with Crippen LogP contribution in [0.2, 0.25) is 0 Å². The van der Waals surface area contributed by atoms with Gasteiger partial charge in [-0.2, -0.15) is 0 Å². The minimum Gasteiger partial charge on any atom is -0.352 e. The van der Waals surface area contributed by atoms with E-state index in [1.165, 1.54) is 5.56 Å². The number of aryl methyl sites for hydroxylation is 1. The summed E-state index contributed by atoms with van der Waals surface area (Å²) in [4.78, 5) is 11.8. The molecule has 0 spiro atoms. The van der Waals surface area contributed by atoms with E-state index in [0.29, 0.717) is 12.1 Å². The molecular weight excluding hydrogens is 234 g/mol. The summed E-state index contributed by atoms with van der Waals surface area (Å²) < 4.78 is 0. The van der Waals surface area contributed by atoms with Gasteiger partial charge in [-0.1, -0.05) is 26.0 Å². The maximum atomic E-state index is 11.8. The van der Waals surface area contributed by atoms with Gasteiger partial charge in [-0.25, -0.2) is 0 Å². The van der Waals surface area contributed by atoms with E-state index in [4.69, 9.17) is 11.6 Å². The van der Waals surface area contributed by atoms with Crippen LogP contribution >= 0.6 is 11.6 Å². The first-order chi connectivity index (χ1) is 8.17. The Morgan fingerprint density at radius 3 is 2.47 bits per heavy atom. The predicted octanol–water partition coefficient (Wildman–Crippen LogP) is 3.39. The van der Waals surface area contributed by atoms with E-state index < -0.39 is 0 Å². The van der Waals surface area contributed by atoms with E-state index in [2.05, 4.69) is 12.2 Å². The van der Waals surface area contributed by atoms with Crippen LogP contribution in [0.1, 0.15) is 42.6 Å². The number of carbonyl (C=O) groups is 1. The second-order valence-electron chi connectivity index (χ2n) is 4.10. The molecule has 94 valence electrons. The van der Waals surface area contributed by atoms with E-state index in [0.717, 1.165) is 19.3 Å². The minimum atomic E-state index is -0.0207. The topological polar surface area (TPSA) is 29.1 Å². The lowest BCUT2D eigenvalue weighted by atomic mass is 10.1. The third-order valence-corrected chi connectivity index (χ3v) is 3.34. The number of carbonyl (C=O) groups excluding carboxylic acids is 1. The molecule has 0 saturated carbocycles. The fourth-order valence-electron chi connectivity index (χ4n) is 1.54. The van der Waals surface area contributed by atoms with Crippen molar-refractivity contribution in [1.82, 2.24) is 5.32 Å². The average Bonchev–Trinajstić information content (AvgIpc) is 2.38. The highest BCUT2D eigenvalue weighted by atomic mass is 35.5. The van der Waals surface area contributed by atoms with Crippen molar-refractivity contribution < 1.29 is 4.79 Å². The molecule has 1 unspecified atom stereocenters. The van der Waals surface area contributed by atoms with Crippen LogP contribution < -0.4 is 5.32 Å². The van der Waals surface area contributed by atoms with Crippen LogP contribution in [0.3, 0.4) is 0 Å². The number of amides is 1. The van der Waals surface area contributed by atoms with Crippen molar-refractivity contribution in [2.75, 3.05) is 6.54 Å². The fraction of sp³-hybridized carbons (Fsp3) is 0.500. The molecule has 0 aliphatic carbocycles. The highest BCUT2D eigenvalue weighted by Gasteiger charge is 2.06.